The number of benzene rings is 2. The minimum absolute atomic E-state index is 0.132. The first-order valence-corrected chi connectivity index (χ1v) is 11.0. The second-order valence-electron chi connectivity index (χ2n) is 8.39. The van der Waals surface area contributed by atoms with Crippen LogP contribution in [0.1, 0.15) is 55.3 Å². The van der Waals surface area contributed by atoms with Crippen LogP contribution in [-0.2, 0) is 14.3 Å². The van der Waals surface area contributed by atoms with E-state index >= 15 is 0 Å². The van der Waals surface area contributed by atoms with Gasteiger partial charge in [-0.3, -0.25) is 14.9 Å². The molecule has 0 aliphatic heterocycles. The van der Waals surface area contributed by atoms with Crippen LogP contribution >= 0.6 is 0 Å². The van der Waals surface area contributed by atoms with Crippen molar-refractivity contribution in [2.45, 2.75) is 40.2 Å². The van der Waals surface area contributed by atoms with Gasteiger partial charge >= 0.3 is 12.1 Å². The molecule has 0 spiro atoms. The normalized spacial score (nSPS) is 10.7. The number of ether oxygens (including phenoxy) is 2. The molecule has 0 saturated carbocycles. The Labute approximate surface area is 199 Å². The van der Waals surface area contributed by atoms with Gasteiger partial charge in [0.2, 0.25) is 0 Å². The van der Waals surface area contributed by atoms with Gasteiger partial charge in [0, 0.05) is 30.0 Å². The van der Waals surface area contributed by atoms with Crippen LogP contribution in [0.4, 0.5) is 16.2 Å². The zero-order valence-corrected chi connectivity index (χ0v) is 20.1. The molecule has 0 aliphatic carbocycles. The Balaban J connectivity index is 1.93. The van der Waals surface area contributed by atoms with Gasteiger partial charge in [0.25, 0.3) is 11.8 Å². The van der Waals surface area contributed by atoms with E-state index in [1.54, 1.807) is 62.1 Å². The van der Waals surface area contributed by atoms with Gasteiger partial charge in [0.05, 0.1) is 5.56 Å². The lowest BCUT2D eigenvalue weighted by Crippen LogP contribution is -2.30. The van der Waals surface area contributed by atoms with Gasteiger partial charge in [0.15, 0.2) is 6.61 Å². The third-order valence-corrected chi connectivity index (χ3v) is 4.52. The molecular formula is C25H31N3O6. The highest BCUT2D eigenvalue weighted by molar-refractivity contribution is 5.99. The first kappa shape index (κ1) is 26.4. The standard InChI is InChI=1S/C25H31N3O6/c1-6-28(7-2)22(30)17-10-8-12-19(14-17)26-21(29)16-33-23(31)18-11-9-13-20(15-18)27-24(32)34-25(3,4)5/h8-15H,6-7,16H2,1-5H3,(H,26,29)(H,27,32). The van der Waals surface area contributed by atoms with Crippen molar-refractivity contribution in [3.05, 3.63) is 59.7 Å². The molecule has 9 heteroatoms. The third kappa shape index (κ3) is 8.23. The zero-order valence-electron chi connectivity index (χ0n) is 20.1. The van der Waals surface area contributed by atoms with E-state index in [1.165, 1.54) is 12.1 Å². The molecule has 182 valence electrons. The molecule has 0 aromatic heterocycles. The van der Waals surface area contributed by atoms with Crippen LogP contribution in [0.25, 0.3) is 0 Å². The van der Waals surface area contributed by atoms with Crippen molar-refractivity contribution in [2.24, 2.45) is 0 Å². The van der Waals surface area contributed by atoms with Crippen molar-refractivity contribution in [2.75, 3.05) is 30.3 Å². The molecule has 0 saturated heterocycles. The summed E-state index contributed by atoms with van der Waals surface area (Å²) in [5.41, 5.74) is 0.720. The number of hydrogen-bond acceptors (Lipinski definition) is 6. The molecule has 2 aromatic rings. The van der Waals surface area contributed by atoms with E-state index < -0.39 is 30.2 Å². The highest BCUT2D eigenvalue weighted by Crippen LogP contribution is 2.15. The number of carbonyl (C=O) groups excluding carboxylic acids is 4. The Morgan fingerprint density at radius 1 is 0.853 bits per heavy atom. The summed E-state index contributed by atoms with van der Waals surface area (Å²) in [7, 11) is 0. The molecule has 0 bridgehead atoms. The molecule has 9 nitrogen and oxygen atoms in total. The summed E-state index contributed by atoms with van der Waals surface area (Å²) >= 11 is 0. The fraction of sp³-hybridized carbons (Fsp3) is 0.360. The molecule has 3 amide bonds. The van der Waals surface area contributed by atoms with Crippen LogP contribution in [0.3, 0.4) is 0 Å². The average molecular weight is 470 g/mol. The summed E-state index contributed by atoms with van der Waals surface area (Å²) in [5, 5.41) is 5.16. The topological polar surface area (TPSA) is 114 Å². The van der Waals surface area contributed by atoms with Crippen molar-refractivity contribution in [1.82, 2.24) is 4.90 Å². The van der Waals surface area contributed by atoms with Gasteiger partial charge < -0.3 is 19.7 Å². The van der Waals surface area contributed by atoms with E-state index in [0.717, 1.165) is 0 Å². The van der Waals surface area contributed by atoms with Gasteiger partial charge in [-0.05, 0) is 71.0 Å². The van der Waals surface area contributed by atoms with Crippen LogP contribution in [0, 0.1) is 0 Å². The van der Waals surface area contributed by atoms with E-state index in [0.29, 0.717) is 30.0 Å². The third-order valence-electron chi connectivity index (χ3n) is 4.52. The first-order chi connectivity index (χ1) is 16.0. The minimum Gasteiger partial charge on any atom is -0.452 e. The van der Waals surface area contributed by atoms with Crippen molar-refractivity contribution < 1.29 is 28.7 Å². The molecule has 0 heterocycles. The summed E-state index contributed by atoms with van der Waals surface area (Å²) < 4.78 is 10.3. The Morgan fingerprint density at radius 2 is 1.41 bits per heavy atom. The maximum absolute atomic E-state index is 12.5. The number of hydrogen-bond donors (Lipinski definition) is 2. The number of carbonyl (C=O) groups is 4. The predicted molar refractivity (Wildman–Crippen MR) is 129 cm³/mol. The lowest BCUT2D eigenvalue weighted by molar-refractivity contribution is -0.119. The van der Waals surface area contributed by atoms with Crippen LogP contribution in [0.5, 0.6) is 0 Å². The summed E-state index contributed by atoms with van der Waals surface area (Å²) in [6.45, 7) is 9.65. The maximum Gasteiger partial charge on any atom is 0.412 e. The van der Waals surface area contributed by atoms with E-state index in [9.17, 15) is 19.2 Å². The molecule has 0 aliphatic rings. The highest BCUT2D eigenvalue weighted by Gasteiger charge is 2.17. The Bertz CT molecular complexity index is 1040. The van der Waals surface area contributed by atoms with Gasteiger partial charge in [-0.1, -0.05) is 12.1 Å². The van der Waals surface area contributed by atoms with Crippen LogP contribution in [0.15, 0.2) is 48.5 Å². The second-order valence-corrected chi connectivity index (χ2v) is 8.39. The largest absolute Gasteiger partial charge is 0.452 e. The lowest BCUT2D eigenvalue weighted by atomic mass is 10.1. The molecule has 0 atom stereocenters. The van der Waals surface area contributed by atoms with Crippen molar-refractivity contribution in [1.29, 1.82) is 0 Å². The van der Waals surface area contributed by atoms with E-state index in [1.807, 2.05) is 13.8 Å². The predicted octanol–water partition coefficient (Wildman–Crippen LogP) is 4.31. The quantitative estimate of drug-likeness (QED) is 0.557. The van der Waals surface area contributed by atoms with Crippen LogP contribution in [-0.4, -0.2) is 54.1 Å². The highest BCUT2D eigenvalue weighted by atomic mass is 16.6. The molecule has 0 unspecified atom stereocenters. The van der Waals surface area contributed by atoms with Crippen LogP contribution in [0.2, 0.25) is 0 Å². The summed E-state index contributed by atoms with van der Waals surface area (Å²) in [6, 6.07) is 12.7. The number of anilines is 2. The van der Waals surface area contributed by atoms with Crippen molar-refractivity contribution >= 4 is 35.3 Å². The van der Waals surface area contributed by atoms with Crippen LogP contribution < -0.4 is 10.6 Å². The lowest BCUT2D eigenvalue weighted by Gasteiger charge is -2.19. The van der Waals surface area contributed by atoms with Gasteiger partial charge in [-0.25, -0.2) is 9.59 Å². The molecule has 2 aromatic carbocycles. The molecule has 34 heavy (non-hydrogen) atoms. The summed E-state index contributed by atoms with van der Waals surface area (Å²) in [6.07, 6.45) is -0.654. The summed E-state index contributed by atoms with van der Waals surface area (Å²) in [4.78, 5) is 50.7. The molecule has 2 N–H and O–H groups in total. The average Bonchev–Trinajstić information content (AvgIpc) is 2.77. The zero-order chi connectivity index (χ0) is 25.3. The second kappa shape index (κ2) is 11.8. The molecular weight excluding hydrogens is 438 g/mol. The van der Waals surface area contributed by atoms with Gasteiger partial charge in [0.1, 0.15) is 5.60 Å². The van der Waals surface area contributed by atoms with Crippen molar-refractivity contribution in [3.8, 4) is 0 Å². The number of amides is 3. The molecule has 0 radical (unpaired) electrons. The fourth-order valence-electron chi connectivity index (χ4n) is 2.98. The fourth-order valence-corrected chi connectivity index (χ4v) is 2.98. The first-order valence-electron chi connectivity index (χ1n) is 11.0. The van der Waals surface area contributed by atoms with E-state index in [2.05, 4.69) is 10.6 Å². The number of rotatable bonds is 8. The molecule has 0 fully saturated rings. The monoisotopic (exact) mass is 469 g/mol. The van der Waals surface area contributed by atoms with E-state index in [-0.39, 0.29) is 11.5 Å². The Kier molecular flexibility index (Phi) is 9.18. The number of esters is 1. The SMILES string of the molecule is CCN(CC)C(=O)c1cccc(NC(=O)COC(=O)c2cccc(NC(=O)OC(C)(C)C)c2)c1. The van der Waals surface area contributed by atoms with Gasteiger partial charge in [-0.2, -0.15) is 0 Å². The Hall–Kier alpha value is -3.88. The summed E-state index contributed by atoms with van der Waals surface area (Å²) in [5.74, 6) is -1.41. The number of nitrogens with zero attached hydrogens (tertiary/aromatic N) is 1. The van der Waals surface area contributed by atoms with Gasteiger partial charge in [-0.15, -0.1) is 0 Å². The van der Waals surface area contributed by atoms with Crippen molar-refractivity contribution in [3.63, 3.8) is 0 Å². The number of nitrogens with one attached hydrogen (secondary N) is 2. The maximum atomic E-state index is 12.5. The minimum atomic E-state index is -0.728. The molecule has 2 rings (SSSR count). The Morgan fingerprint density at radius 3 is 2.00 bits per heavy atom. The van der Waals surface area contributed by atoms with E-state index in [4.69, 9.17) is 9.47 Å². The smallest absolute Gasteiger partial charge is 0.412 e.